The Bertz CT molecular complexity index is 502. The summed E-state index contributed by atoms with van der Waals surface area (Å²) in [6.07, 6.45) is 7.66. The first-order valence-electron chi connectivity index (χ1n) is 7.04. The summed E-state index contributed by atoms with van der Waals surface area (Å²) < 4.78 is 5.67. The van der Waals surface area contributed by atoms with Gasteiger partial charge < -0.3 is 10.1 Å². The van der Waals surface area contributed by atoms with Crippen LogP contribution in [0.25, 0.3) is 0 Å². The number of ether oxygens (including phenoxy) is 1. The average molecular weight is 291 g/mol. The van der Waals surface area contributed by atoms with Crippen LogP contribution in [0.1, 0.15) is 43.2 Å². The number of thiazole rings is 1. The third-order valence-corrected chi connectivity index (χ3v) is 3.72. The predicted octanol–water partition coefficient (Wildman–Crippen LogP) is 3.42. The van der Waals surface area contributed by atoms with Crippen molar-refractivity contribution in [3.8, 4) is 5.75 Å². The van der Waals surface area contributed by atoms with Gasteiger partial charge in [0.15, 0.2) is 0 Å². The van der Waals surface area contributed by atoms with Crippen LogP contribution in [0.5, 0.6) is 5.75 Å². The van der Waals surface area contributed by atoms with Crippen molar-refractivity contribution >= 4 is 11.3 Å². The summed E-state index contributed by atoms with van der Waals surface area (Å²) >= 11 is 1.66. The van der Waals surface area contributed by atoms with Crippen molar-refractivity contribution in [2.24, 2.45) is 0 Å². The average Bonchev–Trinajstić information content (AvgIpc) is 3.00. The van der Waals surface area contributed by atoms with Gasteiger partial charge in [0.1, 0.15) is 5.75 Å². The molecule has 2 rings (SSSR count). The van der Waals surface area contributed by atoms with Gasteiger partial charge in [-0.3, -0.25) is 9.97 Å². The Morgan fingerprint density at radius 3 is 2.80 bits per heavy atom. The zero-order valence-electron chi connectivity index (χ0n) is 12.0. The number of hydrogen-bond donors (Lipinski definition) is 1. The molecule has 5 heteroatoms. The molecule has 0 bridgehead atoms. The maximum atomic E-state index is 5.67. The van der Waals surface area contributed by atoms with Crippen LogP contribution < -0.4 is 10.1 Å². The van der Waals surface area contributed by atoms with Crippen molar-refractivity contribution in [3.63, 3.8) is 0 Å². The van der Waals surface area contributed by atoms with Gasteiger partial charge in [0.2, 0.25) is 0 Å². The molecule has 0 fully saturated rings. The van der Waals surface area contributed by atoms with Gasteiger partial charge in [0.25, 0.3) is 0 Å². The molecule has 0 aromatic carbocycles. The monoisotopic (exact) mass is 291 g/mol. The molecular weight excluding hydrogens is 270 g/mol. The minimum Gasteiger partial charge on any atom is -0.492 e. The topological polar surface area (TPSA) is 47.0 Å². The molecule has 0 aliphatic rings. The fraction of sp³-hybridized carbons (Fsp3) is 0.467. The van der Waals surface area contributed by atoms with Crippen LogP contribution in [0.4, 0.5) is 0 Å². The second kappa shape index (κ2) is 7.97. The third kappa shape index (κ3) is 4.02. The predicted molar refractivity (Wildman–Crippen MR) is 82.3 cm³/mol. The van der Waals surface area contributed by atoms with Crippen molar-refractivity contribution in [2.45, 2.75) is 32.7 Å². The summed E-state index contributed by atoms with van der Waals surface area (Å²) in [5.74, 6) is 0.831. The van der Waals surface area contributed by atoms with E-state index in [2.05, 4.69) is 35.2 Å². The zero-order chi connectivity index (χ0) is 14.2. The van der Waals surface area contributed by atoms with Crippen LogP contribution in [0, 0.1) is 0 Å². The number of rotatable bonds is 8. The fourth-order valence-electron chi connectivity index (χ4n) is 1.93. The maximum Gasteiger partial charge on any atom is 0.137 e. The van der Waals surface area contributed by atoms with E-state index in [1.54, 1.807) is 17.5 Å². The number of nitrogens with zero attached hydrogens (tertiary/aromatic N) is 2. The molecule has 0 spiro atoms. The van der Waals surface area contributed by atoms with Crippen LogP contribution in [-0.2, 0) is 0 Å². The Balaban J connectivity index is 2.19. The molecule has 1 atom stereocenters. The molecule has 0 aliphatic carbocycles. The molecule has 2 heterocycles. The second-order valence-electron chi connectivity index (χ2n) is 4.59. The standard InChI is InChI=1S/C15H21N3OS/c1-3-5-18-15(14-10-17-11-20-14)12-7-13(9-16-8-12)19-6-4-2/h7-11,15,18H,3-6H2,1-2H3. The summed E-state index contributed by atoms with van der Waals surface area (Å²) in [4.78, 5) is 9.67. The summed E-state index contributed by atoms with van der Waals surface area (Å²) in [5, 5.41) is 3.55. The van der Waals surface area contributed by atoms with E-state index < -0.39 is 0 Å². The number of aromatic nitrogens is 2. The maximum absolute atomic E-state index is 5.67. The van der Waals surface area contributed by atoms with Gasteiger partial charge in [-0.1, -0.05) is 13.8 Å². The lowest BCUT2D eigenvalue weighted by Gasteiger charge is -2.17. The van der Waals surface area contributed by atoms with Crippen LogP contribution in [0.3, 0.4) is 0 Å². The van der Waals surface area contributed by atoms with E-state index in [0.717, 1.165) is 37.3 Å². The van der Waals surface area contributed by atoms with Crippen molar-refractivity contribution in [1.82, 2.24) is 15.3 Å². The summed E-state index contributed by atoms with van der Waals surface area (Å²) in [6.45, 7) is 5.94. The lowest BCUT2D eigenvalue weighted by atomic mass is 10.1. The highest BCUT2D eigenvalue weighted by molar-refractivity contribution is 7.09. The van der Waals surface area contributed by atoms with Gasteiger partial charge >= 0.3 is 0 Å². The van der Waals surface area contributed by atoms with Crippen LogP contribution in [-0.4, -0.2) is 23.1 Å². The largest absolute Gasteiger partial charge is 0.492 e. The number of pyridine rings is 1. The first kappa shape index (κ1) is 14.9. The highest BCUT2D eigenvalue weighted by Gasteiger charge is 2.16. The normalized spacial score (nSPS) is 12.3. The van der Waals surface area contributed by atoms with E-state index >= 15 is 0 Å². The lowest BCUT2D eigenvalue weighted by molar-refractivity contribution is 0.315. The summed E-state index contributed by atoms with van der Waals surface area (Å²) in [7, 11) is 0. The Labute approximate surface area is 124 Å². The van der Waals surface area contributed by atoms with Crippen molar-refractivity contribution in [2.75, 3.05) is 13.2 Å². The van der Waals surface area contributed by atoms with Gasteiger partial charge in [-0.05, 0) is 31.0 Å². The van der Waals surface area contributed by atoms with E-state index in [0.29, 0.717) is 0 Å². The smallest absolute Gasteiger partial charge is 0.137 e. The van der Waals surface area contributed by atoms with Gasteiger partial charge in [-0.2, -0.15) is 0 Å². The molecule has 108 valence electrons. The highest BCUT2D eigenvalue weighted by Crippen LogP contribution is 2.26. The van der Waals surface area contributed by atoms with Gasteiger partial charge in [-0.25, -0.2) is 0 Å². The molecule has 0 radical (unpaired) electrons. The van der Waals surface area contributed by atoms with Crippen LogP contribution in [0.2, 0.25) is 0 Å². The molecule has 20 heavy (non-hydrogen) atoms. The van der Waals surface area contributed by atoms with Gasteiger partial charge in [-0.15, -0.1) is 11.3 Å². The molecule has 4 nitrogen and oxygen atoms in total. The molecule has 0 amide bonds. The van der Waals surface area contributed by atoms with Gasteiger partial charge in [0.05, 0.1) is 24.4 Å². The number of hydrogen-bond acceptors (Lipinski definition) is 5. The summed E-state index contributed by atoms with van der Waals surface area (Å²) in [6, 6.07) is 2.20. The summed E-state index contributed by atoms with van der Waals surface area (Å²) in [5.41, 5.74) is 2.98. The molecule has 0 aliphatic heterocycles. The van der Waals surface area contributed by atoms with Crippen molar-refractivity contribution < 1.29 is 4.74 Å². The van der Waals surface area contributed by atoms with Crippen LogP contribution >= 0.6 is 11.3 Å². The minimum atomic E-state index is 0.139. The van der Waals surface area contributed by atoms with Crippen LogP contribution in [0.15, 0.2) is 30.2 Å². The third-order valence-electron chi connectivity index (χ3n) is 2.87. The van der Waals surface area contributed by atoms with E-state index in [9.17, 15) is 0 Å². The molecule has 2 aromatic rings. The van der Waals surface area contributed by atoms with Crippen molar-refractivity contribution in [3.05, 3.63) is 40.6 Å². The Kier molecular flexibility index (Phi) is 5.95. The van der Waals surface area contributed by atoms with E-state index in [1.807, 2.05) is 17.9 Å². The fourth-order valence-corrected chi connectivity index (χ4v) is 2.65. The highest BCUT2D eigenvalue weighted by atomic mass is 32.1. The molecule has 1 unspecified atom stereocenters. The minimum absolute atomic E-state index is 0.139. The Hall–Kier alpha value is -1.46. The molecule has 1 N–H and O–H groups in total. The SMILES string of the molecule is CCCNC(c1cncc(OCCC)c1)c1cncs1. The molecule has 0 saturated carbocycles. The molecule has 0 saturated heterocycles. The molecule has 2 aromatic heterocycles. The van der Waals surface area contributed by atoms with Gasteiger partial charge in [0, 0.05) is 17.3 Å². The quantitative estimate of drug-likeness (QED) is 0.809. The first-order valence-corrected chi connectivity index (χ1v) is 7.92. The molecular formula is C15H21N3OS. The van der Waals surface area contributed by atoms with E-state index in [4.69, 9.17) is 4.74 Å². The second-order valence-corrected chi connectivity index (χ2v) is 5.51. The zero-order valence-corrected chi connectivity index (χ0v) is 12.8. The number of nitrogens with one attached hydrogen (secondary N) is 1. The Morgan fingerprint density at radius 2 is 2.10 bits per heavy atom. The van der Waals surface area contributed by atoms with E-state index in [1.165, 1.54) is 4.88 Å². The first-order chi connectivity index (χ1) is 9.85. The van der Waals surface area contributed by atoms with Crippen molar-refractivity contribution in [1.29, 1.82) is 0 Å². The van der Waals surface area contributed by atoms with E-state index in [-0.39, 0.29) is 6.04 Å². The Morgan fingerprint density at radius 1 is 1.20 bits per heavy atom. The lowest BCUT2D eigenvalue weighted by Crippen LogP contribution is -2.22.